The molecule has 2 N–H and O–H groups in total. The first-order valence-electron chi connectivity index (χ1n) is 10.4. The highest BCUT2D eigenvalue weighted by Crippen LogP contribution is 2.29. The van der Waals surface area contributed by atoms with Crippen LogP contribution in [0.1, 0.15) is 25.2 Å². The highest BCUT2D eigenvalue weighted by Gasteiger charge is 2.08. The Morgan fingerprint density at radius 2 is 1.81 bits per heavy atom. The average molecular weight is 424 g/mol. The summed E-state index contributed by atoms with van der Waals surface area (Å²) in [6.07, 6.45) is 1.57. The average Bonchev–Trinajstić information content (AvgIpc) is 3.29. The Morgan fingerprint density at radius 3 is 2.45 bits per heavy atom. The zero-order valence-corrected chi connectivity index (χ0v) is 18.4. The van der Waals surface area contributed by atoms with E-state index in [-0.39, 0.29) is 0 Å². The third kappa shape index (κ3) is 5.97. The molecule has 0 saturated carbocycles. The number of methoxy groups -OCH3 is 2. The van der Waals surface area contributed by atoms with Crippen LogP contribution in [-0.2, 0) is 12.8 Å². The minimum absolute atomic E-state index is 0.551. The van der Waals surface area contributed by atoms with Crippen LogP contribution in [0.5, 0.6) is 11.5 Å². The second kappa shape index (κ2) is 11.0. The lowest BCUT2D eigenvalue weighted by Gasteiger charge is -2.14. The summed E-state index contributed by atoms with van der Waals surface area (Å²) < 4.78 is 15.9. The lowest BCUT2D eigenvalue weighted by molar-refractivity contribution is 0.355. The standard InChI is InChI=1S/C23H29N5O3/c1-5-21-27-22(31-28-21)17-9-7-16(8-10-17)13-14-25-23(24-6-2)26-18-11-12-19(29-3)20(15-18)30-4/h7-12,15H,5-6,13-14H2,1-4H3,(H2,24,25,26). The quantitative estimate of drug-likeness (QED) is 0.398. The Hall–Kier alpha value is -3.55. The first-order chi connectivity index (χ1) is 15.2. The van der Waals surface area contributed by atoms with E-state index in [1.54, 1.807) is 14.2 Å². The molecule has 0 saturated heterocycles. The maximum Gasteiger partial charge on any atom is 0.257 e. The van der Waals surface area contributed by atoms with Crippen LogP contribution in [0.15, 0.2) is 52.0 Å². The molecule has 0 atom stereocenters. The second-order valence-electron chi connectivity index (χ2n) is 6.77. The molecule has 0 fully saturated rings. The summed E-state index contributed by atoms with van der Waals surface area (Å²) in [5.41, 5.74) is 2.97. The first-order valence-corrected chi connectivity index (χ1v) is 10.4. The third-order valence-electron chi connectivity index (χ3n) is 4.65. The Bertz CT molecular complexity index is 999. The largest absolute Gasteiger partial charge is 0.493 e. The first kappa shape index (κ1) is 22.1. The molecule has 1 aromatic heterocycles. The van der Waals surface area contributed by atoms with Gasteiger partial charge in [-0.2, -0.15) is 4.98 Å². The zero-order valence-electron chi connectivity index (χ0n) is 18.4. The summed E-state index contributed by atoms with van der Waals surface area (Å²) in [5, 5.41) is 10.5. The van der Waals surface area contributed by atoms with Crippen LogP contribution >= 0.6 is 0 Å². The molecule has 0 spiro atoms. The molecule has 0 unspecified atom stereocenters. The van der Waals surface area contributed by atoms with Crippen molar-refractivity contribution in [1.82, 2.24) is 15.5 Å². The van der Waals surface area contributed by atoms with Crippen molar-refractivity contribution in [2.24, 2.45) is 4.99 Å². The molecule has 3 aromatic rings. The van der Waals surface area contributed by atoms with Gasteiger partial charge < -0.3 is 24.6 Å². The molecule has 1 heterocycles. The van der Waals surface area contributed by atoms with Crippen LogP contribution in [0.2, 0.25) is 0 Å². The monoisotopic (exact) mass is 423 g/mol. The predicted octanol–water partition coefficient (Wildman–Crippen LogP) is 3.94. The van der Waals surface area contributed by atoms with Gasteiger partial charge in [-0.25, -0.2) is 0 Å². The lowest BCUT2D eigenvalue weighted by Crippen LogP contribution is -2.30. The number of benzene rings is 2. The van der Waals surface area contributed by atoms with Gasteiger partial charge in [0, 0.05) is 36.8 Å². The van der Waals surface area contributed by atoms with Gasteiger partial charge in [-0.15, -0.1) is 0 Å². The fraction of sp³-hybridized carbons (Fsp3) is 0.348. The smallest absolute Gasteiger partial charge is 0.257 e. The van der Waals surface area contributed by atoms with Gasteiger partial charge in [0.15, 0.2) is 23.3 Å². The Morgan fingerprint density at radius 1 is 1.03 bits per heavy atom. The maximum atomic E-state index is 5.37. The normalized spacial score (nSPS) is 11.3. The molecule has 0 aliphatic carbocycles. The van der Waals surface area contributed by atoms with E-state index in [0.29, 0.717) is 35.7 Å². The van der Waals surface area contributed by atoms with Crippen LogP contribution in [-0.4, -0.2) is 43.4 Å². The molecule has 0 aliphatic rings. The van der Waals surface area contributed by atoms with Crippen molar-refractivity contribution >= 4 is 11.6 Å². The maximum absolute atomic E-state index is 5.37. The van der Waals surface area contributed by atoms with Gasteiger partial charge in [-0.1, -0.05) is 24.2 Å². The van der Waals surface area contributed by atoms with Gasteiger partial charge in [0.05, 0.1) is 14.2 Å². The van der Waals surface area contributed by atoms with Gasteiger partial charge in [-0.3, -0.25) is 4.99 Å². The number of rotatable bonds is 9. The summed E-state index contributed by atoms with van der Waals surface area (Å²) in [6, 6.07) is 13.8. The van der Waals surface area contributed by atoms with Crippen LogP contribution < -0.4 is 20.1 Å². The minimum Gasteiger partial charge on any atom is -0.493 e. The summed E-state index contributed by atoms with van der Waals surface area (Å²) in [5.74, 6) is 3.33. The SMILES string of the molecule is CCNC(=NCCc1ccc(-c2nc(CC)no2)cc1)Nc1ccc(OC)c(OC)c1. The van der Waals surface area contributed by atoms with Crippen LogP contribution in [0.3, 0.4) is 0 Å². The molecule has 8 heteroatoms. The lowest BCUT2D eigenvalue weighted by atomic mass is 10.1. The van der Waals surface area contributed by atoms with E-state index in [0.717, 1.165) is 30.6 Å². The van der Waals surface area contributed by atoms with Gasteiger partial charge in [-0.05, 0) is 43.2 Å². The van der Waals surface area contributed by atoms with E-state index in [1.165, 1.54) is 5.56 Å². The van der Waals surface area contributed by atoms with E-state index >= 15 is 0 Å². The number of guanidine groups is 1. The summed E-state index contributed by atoms with van der Waals surface area (Å²) in [7, 11) is 3.24. The topological polar surface area (TPSA) is 93.8 Å². The Labute approximate surface area is 182 Å². The van der Waals surface area contributed by atoms with Crippen LogP contribution in [0.4, 0.5) is 5.69 Å². The highest BCUT2D eigenvalue weighted by molar-refractivity contribution is 5.93. The minimum atomic E-state index is 0.551. The Kier molecular flexibility index (Phi) is 7.86. The van der Waals surface area contributed by atoms with Crippen molar-refractivity contribution in [3.05, 3.63) is 53.9 Å². The molecule has 3 rings (SSSR count). The van der Waals surface area contributed by atoms with Crippen molar-refractivity contribution in [3.63, 3.8) is 0 Å². The summed E-state index contributed by atoms with van der Waals surface area (Å²) in [4.78, 5) is 9.04. The molecule has 0 amide bonds. The number of aryl methyl sites for hydroxylation is 1. The molecule has 0 aliphatic heterocycles. The number of ether oxygens (including phenoxy) is 2. The highest BCUT2D eigenvalue weighted by atomic mass is 16.5. The second-order valence-corrected chi connectivity index (χ2v) is 6.77. The Balaban J connectivity index is 1.61. The number of anilines is 1. The van der Waals surface area contributed by atoms with Gasteiger partial charge in [0.2, 0.25) is 0 Å². The number of nitrogens with one attached hydrogen (secondary N) is 2. The van der Waals surface area contributed by atoms with Crippen molar-refractivity contribution in [2.75, 3.05) is 32.6 Å². The molecule has 2 aromatic carbocycles. The van der Waals surface area contributed by atoms with Crippen molar-refractivity contribution < 1.29 is 14.0 Å². The molecule has 8 nitrogen and oxygen atoms in total. The predicted molar refractivity (Wildman–Crippen MR) is 122 cm³/mol. The third-order valence-corrected chi connectivity index (χ3v) is 4.65. The zero-order chi connectivity index (χ0) is 22.1. The molecular weight excluding hydrogens is 394 g/mol. The number of aliphatic imine (C=N–C) groups is 1. The number of hydrogen-bond donors (Lipinski definition) is 2. The van der Waals surface area contributed by atoms with Crippen molar-refractivity contribution in [3.8, 4) is 23.0 Å². The van der Waals surface area contributed by atoms with E-state index in [4.69, 9.17) is 14.0 Å². The number of aromatic nitrogens is 2. The number of hydrogen-bond acceptors (Lipinski definition) is 6. The van der Waals surface area contributed by atoms with Crippen LogP contribution in [0, 0.1) is 0 Å². The van der Waals surface area contributed by atoms with Gasteiger partial charge in [0.1, 0.15) is 0 Å². The fourth-order valence-electron chi connectivity index (χ4n) is 2.98. The number of nitrogens with zero attached hydrogens (tertiary/aromatic N) is 3. The van der Waals surface area contributed by atoms with Crippen molar-refractivity contribution in [1.29, 1.82) is 0 Å². The summed E-state index contributed by atoms with van der Waals surface area (Å²) >= 11 is 0. The van der Waals surface area contributed by atoms with E-state index in [9.17, 15) is 0 Å². The van der Waals surface area contributed by atoms with Crippen molar-refractivity contribution in [2.45, 2.75) is 26.7 Å². The van der Waals surface area contributed by atoms with E-state index < -0.39 is 0 Å². The molecular formula is C23H29N5O3. The fourth-order valence-corrected chi connectivity index (χ4v) is 2.98. The molecule has 31 heavy (non-hydrogen) atoms. The van der Waals surface area contributed by atoms with E-state index in [2.05, 4.69) is 37.9 Å². The van der Waals surface area contributed by atoms with Gasteiger partial charge >= 0.3 is 0 Å². The van der Waals surface area contributed by atoms with E-state index in [1.807, 2.05) is 44.2 Å². The molecule has 0 radical (unpaired) electrons. The molecule has 0 bridgehead atoms. The van der Waals surface area contributed by atoms with Crippen LogP contribution in [0.25, 0.3) is 11.5 Å². The molecule has 164 valence electrons. The van der Waals surface area contributed by atoms with Gasteiger partial charge in [0.25, 0.3) is 5.89 Å². The summed E-state index contributed by atoms with van der Waals surface area (Å²) in [6.45, 7) is 5.44.